The van der Waals surface area contributed by atoms with Crippen LogP contribution < -0.4 is 5.32 Å². The van der Waals surface area contributed by atoms with Gasteiger partial charge in [-0.15, -0.1) is 12.4 Å². The summed E-state index contributed by atoms with van der Waals surface area (Å²) in [5.41, 5.74) is 1.19. The maximum absolute atomic E-state index is 13.0. The summed E-state index contributed by atoms with van der Waals surface area (Å²) in [6.45, 7) is 3.76. The second-order valence-electron chi connectivity index (χ2n) is 6.19. The molecule has 3 nitrogen and oxygen atoms in total. The summed E-state index contributed by atoms with van der Waals surface area (Å²) in [7, 11) is 0. The van der Waals surface area contributed by atoms with Crippen LogP contribution in [0.5, 0.6) is 0 Å². The molecule has 1 aromatic rings. The smallest absolute Gasteiger partial charge is 0.229 e. The van der Waals surface area contributed by atoms with Crippen molar-refractivity contribution in [2.24, 2.45) is 5.41 Å². The van der Waals surface area contributed by atoms with E-state index in [0.29, 0.717) is 5.91 Å². The Labute approximate surface area is 133 Å². The summed E-state index contributed by atoms with van der Waals surface area (Å²) >= 11 is 0. The highest BCUT2D eigenvalue weighted by Crippen LogP contribution is 2.45. The van der Waals surface area contributed by atoms with E-state index < -0.39 is 0 Å². The van der Waals surface area contributed by atoms with Crippen molar-refractivity contribution in [3.8, 4) is 0 Å². The topological polar surface area (TPSA) is 32.3 Å². The maximum Gasteiger partial charge on any atom is 0.229 e. The van der Waals surface area contributed by atoms with Gasteiger partial charge in [-0.1, -0.05) is 36.8 Å². The summed E-state index contributed by atoms with van der Waals surface area (Å²) in [4.78, 5) is 15.1. The van der Waals surface area contributed by atoms with Crippen molar-refractivity contribution >= 4 is 18.3 Å². The molecule has 0 bridgehead atoms. The molecule has 0 radical (unpaired) electrons. The van der Waals surface area contributed by atoms with Crippen LogP contribution in [0.3, 0.4) is 0 Å². The van der Waals surface area contributed by atoms with Crippen molar-refractivity contribution in [1.82, 2.24) is 10.2 Å². The van der Waals surface area contributed by atoms with E-state index in [1.54, 1.807) is 0 Å². The average Bonchev–Trinajstić information content (AvgIpc) is 2.72. The molecule has 0 unspecified atom stereocenters. The lowest BCUT2D eigenvalue weighted by Crippen LogP contribution is -2.50. The van der Waals surface area contributed by atoms with Crippen molar-refractivity contribution in [1.29, 1.82) is 0 Å². The highest BCUT2D eigenvalue weighted by atomic mass is 35.5. The molecule has 1 aromatic carbocycles. The van der Waals surface area contributed by atoms with E-state index in [0.717, 1.165) is 51.9 Å². The molecular formula is C17H25ClN2O. The van der Waals surface area contributed by atoms with E-state index in [9.17, 15) is 4.79 Å². The monoisotopic (exact) mass is 308 g/mol. The van der Waals surface area contributed by atoms with E-state index in [1.807, 2.05) is 6.07 Å². The van der Waals surface area contributed by atoms with E-state index in [-0.39, 0.29) is 17.8 Å². The minimum absolute atomic E-state index is 0. The first-order chi connectivity index (χ1) is 9.80. The number of rotatable bonds is 3. The Morgan fingerprint density at radius 3 is 2.52 bits per heavy atom. The third-order valence-electron chi connectivity index (χ3n) is 4.78. The molecule has 0 atom stereocenters. The summed E-state index contributed by atoms with van der Waals surface area (Å²) in [5.74, 6) is 0.399. The summed E-state index contributed by atoms with van der Waals surface area (Å²) in [6, 6.07) is 10.5. The highest BCUT2D eigenvalue weighted by Gasteiger charge is 2.45. The van der Waals surface area contributed by atoms with Gasteiger partial charge in [0.25, 0.3) is 0 Å². The Balaban J connectivity index is 0.00000161. The molecule has 116 valence electrons. The first-order valence-electron chi connectivity index (χ1n) is 7.84. The van der Waals surface area contributed by atoms with Gasteiger partial charge in [0.1, 0.15) is 0 Å². The number of nitrogens with one attached hydrogen (secondary N) is 1. The van der Waals surface area contributed by atoms with Gasteiger partial charge in [-0.25, -0.2) is 0 Å². The molecule has 2 aliphatic rings. The van der Waals surface area contributed by atoms with Crippen LogP contribution >= 0.6 is 12.4 Å². The lowest BCUT2D eigenvalue weighted by atomic mass is 9.64. The quantitative estimate of drug-likeness (QED) is 0.931. The van der Waals surface area contributed by atoms with Gasteiger partial charge in [0.2, 0.25) is 5.91 Å². The molecule has 3 rings (SSSR count). The van der Waals surface area contributed by atoms with Crippen LogP contribution in [0.1, 0.15) is 31.2 Å². The van der Waals surface area contributed by atoms with Crippen molar-refractivity contribution in [3.63, 3.8) is 0 Å². The van der Waals surface area contributed by atoms with Gasteiger partial charge < -0.3 is 10.2 Å². The first kappa shape index (κ1) is 16.3. The van der Waals surface area contributed by atoms with Gasteiger partial charge in [0, 0.05) is 19.6 Å². The predicted octanol–water partition coefficient (Wildman–Crippen LogP) is 2.64. The number of amides is 1. The molecule has 21 heavy (non-hydrogen) atoms. The van der Waals surface area contributed by atoms with Crippen LogP contribution in [0.25, 0.3) is 0 Å². The molecule has 1 amide bonds. The van der Waals surface area contributed by atoms with Crippen LogP contribution in [-0.4, -0.2) is 37.0 Å². The molecule has 1 N–H and O–H groups in total. The summed E-state index contributed by atoms with van der Waals surface area (Å²) in [6.07, 6.45) is 5.31. The summed E-state index contributed by atoms with van der Waals surface area (Å²) < 4.78 is 0. The van der Waals surface area contributed by atoms with Crippen molar-refractivity contribution in [2.45, 2.75) is 32.1 Å². The van der Waals surface area contributed by atoms with Gasteiger partial charge in [0.05, 0.1) is 5.41 Å². The van der Waals surface area contributed by atoms with E-state index in [1.165, 1.54) is 12.0 Å². The predicted molar refractivity (Wildman–Crippen MR) is 87.7 cm³/mol. The van der Waals surface area contributed by atoms with Crippen LogP contribution in [0.15, 0.2) is 30.3 Å². The lowest BCUT2D eigenvalue weighted by Gasteiger charge is -2.43. The number of halogens is 1. The van der Waals surface area contributed by atoms with E-state index in [2.05, 4.69) is 34.5 Å². The standard InChI is InChI=1S/C17H24N2O.ClH/c20-16(19-12-5-10-18-11-13-19)17(8-4-9-17)14-15-6-2-1-3-7-15;/h1-3,6-7,18H,4-5,8-14H2;1H. The van der Waals surface area contributed by atoms with Gasteiger partial charge in [0.15, 0.2) is 0 Å². The van der Waals surface area contributed by atoms with Crippen molar-refractivity contribution in [2.75, 3.05) is 26.2 Å². The first-order valence-corrected chi connectivity index (χ1v) is 7.84. The fourth-order valence-electron chi connectivity index (χ4n) is 3.44. The zero-order valence-corrected chi connectivity index (χ0v) is 13.3. The van der Waals surface area contributed by atoms with E-state index in [4.69, 9.17) is 0 Å². The van der Waals surface area contributed by atoms with Crippen LogP contribution in [-0.2, 0) is 11.2 Å². The number of carbonyl (C=O) groups is 1. The van der Waals surface area contributed by atoms with Crippen LogP contribution in [0.2, 0.25) is 0 Å². The molecule has 1 aliphatic carbocycles. The zero-order valence-electron chi connectivity index (χ0n) is 12.5. The Bertz CT molecular complexity index is 451. The van der Waals surface area contributed by atoms with Gasteiger partial charge >= 0.3 is 0 Å². The fourth-order valence-corrected chi connectivity index (χ4v) is 3.44. The van der Waals surface area contributed by atoms with Gasteiger partial charge in [-0.3, -0.25) is 4.79 Å². The Morgan fingerprint density at radius 2 is 1.86 bits per heavy atom. The third-order valence-corrected chi connectivity index (χ3v) is 4.78. The van der Waals surface area contributed by atoms with Gasteiger partial charge in [-0.2, -0.15) is 0 Å². The largest absolute Gasteiger partial charge is 0.341 e. The Kier molecular flexibility index (Phi) is 5.65. The SMILES string of the molecule is Cl.O=C(N1CCCNCC1)C1(Cc2ccccc2)CCC1. The third kappa shape index (κ3) is 3.58. The molecule has 4 heteroatoms. The van der Waals surface area contributed by atoms with Crippen molar-refractivity contribution < 1.29 is 4.79 Å². The number of hydrogen-bond acceptors (Lipinski definition) is 2. The van der Waals surface area contributed by atoms with E-state index >= 15 is 0 Å². The zero-order chi connectivity index (χ0) is 13.8. The Hall–Kier alpha value is -1.06. The van der Waals surface area contributed by atoms with Crippen LogP contribution in [0, 0.1) is 5.41 Å². The van der Waals surface area contributed by atoms with Gasteiger partial charge in [-0.05, 0) is 37.8 Å². The number of carbonyl (C=O) groups excluding carboxylic acids is 1. The minimum Gasteiger partial charge on any atom is -0.341 e. The molecule has 0 aromatic heterocycles. The van der Waals surface area contributed by atoms with Crippen molar-refractivity contribution in [3.05, 3.63) is 35.9 Å². The molecule has 1 saturated carbocycles. The second-order valence-corrected chi connectivity index (χ2v) is 6.19. The average molecular weight is 309 g/mol. The highest BCUT2D eigenvalue weighted by molar-refractivity contribution is 5.85. The number of benzene rings is 1. The fraction of sp³-hybridized carbons (Fsp3) is 0.588. The molecule has 2 fully saturated rings. The van der Waals surface area contributed by atoms with Crippen LogP contribution in [0.4, 0.5) is 0 Å². The molecule has 1 heterocycles. The molecule has 0 spiro atoms. The Morgan fingerprint density at radius 1 is 1.10 bits per heavy atom. The molecule has 1 aliphatic heterocycles. The molecular weight excluding hydrogens is 284 g/mol. The normalized spacial score (nSPS) is 20.9. The lowest BCUT2D eigenvalue weighted by molar-refractivity contribution is -0.147. The second kappa shape index (κ2) is 7.28. The summed E-state index contributed by atoms with van der Waals surface area (Å²) in [5, 5.41) is 3.38. The minimum atomic E-state index is -0.105. The number of hydrogen-bond donors (Lipinski definition) is 1. The number of nitrogens with zero attached hydrogens (tertiary/aromatic N) is 1. The maximum atomic E-state index is 13.0. The molecule has 1 saturated heterocycles.